The summed E-state index contributed by atoms with van der Waals surface area (Å²) in [6.07, 6.45) is 5.11. The molecule has 4 nitrogen and oxygen atoms in total. The third-order valence-corrected chi connectivity index (χ3v) is 5.74. The Morgan fingerprint density at radius 1 is 1.32 bits per heavy atom. The van der Waals surface area contributed by atoms with Gasteiger partial charge >= 0.3 is 5.97 Å². The van der Waals surface area contributed by atoms with Crippen LogP contribution in [0, 0.1) is 16.7 Å². The molecule has 2 atom stereocenters. The van der Waals surface area contributed by atoms with E-state index in [-0.39, 0.29) is 11.7 Å². The highest BCUT2D eigenvalue weighted by molar-refractivity contribution is 5.87. The summed E-state index contributed by atoms with van der Waals surface area (Å²) in [6, 6.07) is 5.86. The third kappa shape index (κ3) is 2.82. The lowest BCUT2D eigenvalue weighted by atomic mass is 9.62. The zero-order valence-corrected chi connectivity index (χ0v) is 15.2. The number of phenolic OH excluding ortho intramolecular Hbond substituents is 1. The molecule has 0 saturated heterocycles. The molecule has 1 aliphatic heterocycles. The minimum Gasteiger partial charge on any atom is -0.508 e. The molecule has 0 spiro atoms. The largest absolute Gasteiger partial charge is 0.508 e. The van der Waals surface area contributed by atoms with Gasteiger partial charge in [-0.1, -0.05) is 30.9 Å². The first-order valence-electron chi connectivity index (χ1n) is 9.07. The molecule has 0 fully saturated rings. The van der Waals surface area contributed by atoms with E-state index in [0.717, 1.165) is 36.8 Å². The molecule has 0 saturated carbocycles. The van der Waals surface area contributed by atoms with Crippen LogP contribution in [0.4, 0.5) is 0 Å². The van der Waals surface area contributed by atoms with Gasteiger partial charge in [-0.15, -0.1) is 0 Å². The number of hydrogen-bond acceptors (Lipinski definition) is 4. The Balaban J connectivity index is 2.05. The average molecular weight is 339 g/mol. The molecule has 0 aromatic heterocycles. The van der Waals surface area contributed by atoms with Crippen LogP contribution in [0.3, 0.4) is 0 Å². The fraction of sp³-hybridized carbons (Fsp3) is 0.524. The molecule has 1 aromatic rings. The van der Waals surface area contributed by atoms with Crippen LogP contribution in [0.5, 0.6) is 11.5 Å². The smallest absolute Gasteiger partial charge is 0.332 e. The summed E-state index contributed by atoms with van der Waals surface area (Å²) in [5.41, 5.74) is 2.61. The van der Waals surface area contributed by atoms with E-state index in [1.54, 1.807) is 6.07 Å². The van der Waals surface area contributed by atoms with Gasteiger partial charge in [-0.2, -0.15) is 5.26 Å². The van der Waals surface area contributed by atoms with Crippen LogP contribution in [0.2, 0.25) is 0 Å². The van der Waals surface area contributed by atoms with Crippen molar-refractivity contribution in [3.05, 3.63) is 34.4 Å². The van der Waals surface area contributed by atoms with E-state index >= 15 is 0 Å². The molecule has 132 valence electrons. The Hall–Kier alpha value is -2.28. The highest BCUT2D eigenvalue weighted by atomic mass is 16.5. The molecule has 0 bridgehead atoms. The van der Waals surface area contributed by atoms with Crippen LogP contribution in [-0.2, 0) is 11.2 Å². The number of nitrogens with zero attached hydrogens (tertiary/aromatic N) is 1. The number of nitriles is 1. The van der Waals surface area contributed by atoms with Crippen molar-refractivity contribution in [1.82, 2.24) is 0 Å². The molecule has 1 heterocycles. The molecule has 3 rings (SSSR count). The number of fused-ring (bicyclic) bond motifs is 3. The van der Waals surface area contributed by atoms with Crippen molar-refractivity contribution < 1.29 is 14.6 Å². The average Bonchev–Trinajstić information content (AvgIpc) is 2.57. The van der Waals surface area contributed by atoms with Gasteiger partial charge in [0, 0.05) is 11.5 Å². The first-order chi connectivity index (χ1) is 11.9. The van der Waals surface area contributed by atoms with Gasteiger partial charge in [-0.3, -0.25) is 0 Å². The number of aromatic hydroxyl groups is 1. The molecule has 1 aliphatic carbocycles. The number of carbonyl (C=O) groups is 1. The van der Waals surface area contributed by atoms with E-state index in [2.05, 4.69) is 13.0 Å². The zero-order chi connectivity index (χ0) is 18.2. The fourth-order valence-electron chi connectivity index (χ4n) is 4.09. The van der Waals surface area contributed by atoms with Crippen LogP contribution >= 0.6 is 0 Å². The number of esters is 1. The number of carbonyl (C=O) groups excluding carboxylic acids is 1. The summed E-state index contributed by atoms with van der Waals surface area (Å²) in [5, 5.41) is 20.5. The fourth-order valence-corrected chi connectivity index (χ4v) is 4.09. The lowest BCUT2D eigenvalue weighted by molar-refractivity contribution is -0.146. The van der Waals surface area contributed by atoms with Crippen molar-refractivity contribution in [2.24, 2.45) is 5.41 Å². The summed E-state index contributed by atoms with van der Waals surface area (Å²) >= 11 is 0. The van der Waals surface area contributed by atoms with E-state index in [0.29, 0.717) is 24.2 Å². The highest BCUT2D eigenvalue weighted by Gasteiger charge is 2.55. The summed E-state index contributed by atoms with van der Waals surface area (Å²) in [6.45, 7) is 6.14. The Morgan fingerprint density at radius 2 is 2.08 bits per heavy atom. The van der Waals surface area contributed by atoms with Crippen molar-refractivity contribution in [2.45, 2.75) is 65.2 Å². The van der Waals surface area contributed by atoms with Crippen molar-refractivity contribution in [3.63, 3.8) is 0 Å². The highest BCUT2D eigenvalue weighted by Crippen LogP contribution is 2.56. The number of unbranched alkanes of at least 4 members (excludes halogenated alkanes) is 2. The van der Waals surface area contributed by atoms with Gasteiger partial charge in [0.05, 0.1) is 6.07 Å². The minimum atomic E-state index is -1.22. The van der Waals surface area contributed by atoms with Crippen molar-refractivity contribution in [1.29, 1.82) is 5.26 Å². The Kier molecular flexibility index (Phi) is 4.60. The Labute approximate surface area is 149 Å². The summed E-state index contributed by atoms with van der Waals surface area (Å²) in [5.74, 6) is -0.250. The minimum absolute atomic E-state index is 0.147. The summed E-state index contributed by atoms with van der Waals surface area (Å²) in [4.78, 5) is 12.7. The summed E-state index contributed by atoms with van der Waals surface area (Å²) < 4.78 is 5.56. The molecular formula is C21H25NO3. The van der Waals surface area contributed by atoms with E-state index in [9.17, 15) is 15.2 Å². The molecule has 1 aromatic carbocycles. The lowest BCUT2D eigenvalue weighted by Crippen LogP contribution is -2.45. The van der Waals surface area contributed by atoms with Crippen molar-refractivity contribution in [3.8, 4) is 17.6 Å². The third-order valence-electron chi connectivity index (χ3n) is 5.74. The monoisotopic (exact) mass is 339 g/mol. The first kappa shape index (κ1) is 17.5. The topological polar surface area (TPSA) is 70.3 Å². The van der Waals surface area contributed by atoms with Crippen LogP contribution in [0.25, 0.3) is 0 Å². The maximum absolute atomic E-state index is 12.7. The molecule has 1 N–H and O–H groups in total. The molecular weight excluding hydrogens is 314 g/mol. The number of aryl methyl sites for hydroxylation is 1. The first-order valence-corrected chi connectivity index (χ1v) is 9.07. The van der Waals surface area contributed by atoms with Gasteiger partial charge in [0.15, 0.2) is 5.41 Å². The van der Waals surface area contributed by atoms with Gasteiger partial charge < -0.3 is 9.84 Å². The number of rotatable bonds is 4. The molecule has 0 amide bonds. The second-order valence-electron chi connectivity index (χ2n) is 7.45. The maximum atomic E-state index is 12.7. The SMILES string of the molecule is CCCCCc1cc(O)c2c(c1)OC(=O)[C@@]1(C#N)CC(C)=C(C)C[C@@H]21. The predicted octanol–water partition coefficient (Wildman–Crippen LogP) is 4.77. The van der Waals surface area contributed by atoms with Crippen LogP contribution in [0.15, 0.2) is 23.3 Å². The predicted molar refractivity (Wildman–Crippen MR) is 95.4 cm³/mol. The van der Waals surface area contributed by atoms with Gasteiger partial charge in [0.1, 0.15) is 11.5 Å². The normalized spacial score (nSPS) is 25.0. The molecule has 4 heteroatoms. The molecule has 2 aliphatic rings. The van der Waals surface area contributed by atoms with E-state index in [4.69, 9.17) is 4.74 Å². The Bertz CT molecular complexity index is 787. The molecule has 0 unspecified atom stereocenters. The lowest BCUT2D eigenvalue weighted by Gasteiger charge is -2.42. The maximum Gasteiger partial charge on any atom is 0.332 e. The van der Waals surface area contributed by atoms with Crippen LogP contribution < -0.4 is 4.74 Å². The standard InChI is InChI=1S/C21H25NO3/c1-4-5-6-7-15-9-17(23)19-16-8-13(2)14(3)11-21(16,12-22)20(24)25-18(19)10-15/h9-10,16,23H,4-8,11H2,1-3H3/t16-,21+/m0/s1. The zero-order valence-electron chi connectivity index (χ0n) is 15.2. The number of benzene rings is 1. The van der Waals surface area contributed by atoms with Gasteiger partial charge in [0.25, 0.3) is 0 Å². The van der Waals surface area contributed by atoms with Crippen LogP contribution in [-0.4, -0.2) is 11.1 Å². The number of hydrogen-bond donors (Lipinski definition) is 1. The number of allylic oxidation sites excluding steroid dienone is 2. The van der Waals surface area contributed by atoms with Gasteiger partial charge in [-0.05, 0) is 57.2 Å². The van der Waals surface area contributed by atoms with Crippen molar-refractivity contribution in [2.75, 3.05) is 0 Å². The molecule has 0 radical (unpaired) electrons. The Morgan fingerprint density at radius 3 is 2.76 bits per heavy atom. The number of phenols is 1. The van der Waals surface area contributed by atoms with Crippen LogP contribution in [0.1, 0.15) is 69.9 Å². The number of ether oxygens (including phenoxy) is 1. The van der Waals surface area contributed by atoms with E-state index < -0.39 is 11.4 Å². The van der Waals surface area contributed by atoms with Gasteiger partial charge in [0.2, 0.25) is 0 Å². The second-order valence-corrected chi connectivity index (χ2v) is 7.45. The van der Waals surface area contributed by atoms with E-state index in [1.807, 2.05) is 19.9 Å². The molecule has 25 heavy (non-hydrogen) atoms. The van der Waals surface area contributed by atoms with Gasteiger partial charge in [-0.25, -0.2) is 4.79 Å². The summed E-state index contributed by atoms with van der Waals surface area (Å²) in [7, 11) is 0. The second kappa shape index (κ2) is 6.55. The quantitative estimate of drug-likeness (QED) is 0.371. The van der Waals surface area contributed by atoms with E-state index in [1.165, 1.54) is 5.57 Å². The van der Waals surface area contributed by atoms with Crippen molar-refractivity contribution >= 4 is 5.97 Å².